The van der Waals surface area contributed by atoms with Crippen molar-refractivity contribution in [2.75, 3.05) is 19.0 Å². The highest BCUT2D eigenvalue weighted by Gasteiger charge is 2.22. The molecule has 1 aromatic heterocycles. The first kappa shape index (κ1) is 14.4. The van der Waals surface area contributed by atoms with Gasteiger partial charge in [-0.25, -0.2) is 4.68 Å². The molecule has 0 saturated carbocycles. The number of benzene rings is 1. The van der Waals surface area contributed by atoms with E-state index in [-0.39, 0.29) is 12.6 Å². The number of anilines is 1. The van der Waals surface area contributed by atoms with E-state index >= 15 is 0 Å². The van der Waals surface area contributed by atoms with Gasteiger partial charge < -0.3 is 15.2 Å². The second kappa shape index (κ2) is 5.96. The summed E-state index contributed by atoms with van der Waals surface area (Å²) in [7, 11) is 3.44. The molecule has 108 valence electrons. The minimum Gasteiger partial charge on any atom is -0.481 e. The molecule has 0 amide bonds. The number of ether oxygens (including phenoxy) is 1. The number of rotatable bonds is 5. The van der Waals surface area contributed by atoms with E-state index < -0.39 is 0 Å². The van der Waals surface area contributed by atoms with Crippen molar-refractivity contribution in [3.05, 3.63) is 41.1 Å². The van der Waals surface area contributed by atoms with Gasteiger partial charge in [-0.05, 0) is 26.0 Å². The lowest BCUT2D eigenvalue weighted by atomic mass is 10.1. The summed E-state index contributed by atoms with van der Waals surface area (Å²) < 4.78 is 7.07. The highest BCUT2D eigenvalue weighted by atomic mass is 16.5. The maximum atomic E-state index is 9.69. The molecule has 0 saturated heterocycles. The van der Waals surface area contributed by atoms with Gasteiger partial charge in [0.2, 0.25) is 5.88 Å². The highest BCUT2D eigenvalue weighted by Crippen LogP contribution is 2.30. The van der Waals surface area contributed by atoms with Crippen LogP contribution < -0.4 is 10.1 Å². The van der Waals surface area contributed by atoms with E-state index in [2.05, 4.69) is 10.4 Å². The van der Waals surface area contributed by atoms with Crippen molar-refractivity contribution in [3.8, 4) is 5.88 Å². The van der Waals surface area contributed by atoms with Crippen molar-refractivity contribution in [2.24, 2.45) is 7.05 Å². The molecule has 5 nitrogen and oxygen atoms in total. The van der Waals surface area contributed by atoms with E-state index in [1.807, 2.05) is 45.2 Å². The van der Waals surface area contributed by atoms with Crippen molar-refractivity contribution < 1.29 is 9.84 Å². The lowest BCUT2D eigenvalue weighted by Crippen LogP contribution is -2.16. The maximum Gasteiger partial charge on any atom is 0.216 e. The molecular weight excluding hydrogens is 254 g/mol. The monoisotopic (exact) mass is 275 g/mol. The van der Waals surface area contributed by atoms with Crippen molar-refractivity contribution in [1.82, 2.24) is 9.78 Å². The van der Waals surface area contributed by atoms with Gasteiger partial charge in [-0.1, -0.05) is 17.7 Å². The number of aromatic nitrogens is 2. The molecule has 0 radical (unpaired) electrons. The van der Waals surface area contributed by atoms with Crippen molar-refractivity contribution in [2.45, 2.75) is 19.9 Å². The maximum absolute atomic E-state index is 9.69. The first-order valence-electron chi connectivity index (χ1n) is 6.58. The molecular formula is C15H21N3O2. The summed E-state index contributed by atoms with van der Waals surface area (Å²) in [5, 5.41) is 17.4. The summed E-state index contributed by atoms with van der Waals surface area (Å²) in [4.78, 5) is 0. The van der Waals surface area contributed by atoms with E-state index in [1.54, 1.807) is 11.8 Å². The van der Waals surface area contributed by atoms with E-state index in [0.717, 1.165) is 16.9 Å². The van der Waals surface area contributed by atoms with E-state index in [1.165, 1.54) is 5.56 Å². The Morgan fingerprint density at radius 2 is 1.95 bits per heavy atom. The predicted molar refractivity (Wildman–Crippen MR) is 79.1 cm³/mol. The molecule has 0 bridgehead atoms. The molecule has 1 atom stereocenters. The fourth-order valence-corrected chi connectivity index (χ4v) is 2.36. The predicted octanol–water partition coefficient (Wildman–Crippen LogP) is 2.19. The second-order valence-corrected chi connectivity index (χ2v) is 4.88. The Morgan fingerprint density at radius 3 is 2.50 bits per heavy atom. The zero-order chi connectivity index (χ0) is 14.7. The number of nitrogens with zero attached hydrogens (tertiary/aromatic N) is 2. The standard InChI is InChI=1S/C15H21N3O2/c1-10-5-7-12(8-6-10)16-13(9-19)14-11(2)17-18(3)15(14)20-4/h5-8,13,16,19H,9H2,1-4H3. The lowest BCUT2D eigenvalue weighted by molar-refractivity contribution is 0.271. The van der Waals surface area contributed by atoms with Crippen LogP contribution in [0.15, 0.2) is 24.3 Å². The Kier molecular flexibility index (Phi) is 4.29. The van der Waals surface area contributed by atoms with Gasteiger partial charge in [0, 0.05) is 12.7 Å². The number of hydrogen-bond donors (Lipinski definition) is 2. The largest absolute Gasteiger partial charge is 0.481 e. The summed E-state index contributed by atoms with van der Waals surface area (Å²) in [5.74, 6) is 0.668. The topological polar surface area (TPSA) is 59.3 Å². The SMILES string of the molecule is COc1c(C(CO)Nc2ccc(C)cc2)c(C)nn1C. The molecule has 1 unspecified atom stereocenters. The average molecular weight is 275 g/mol. The van der Waals surface area contributed by atoms with E-state index in [9.17, 15) is 5.11 Å². The summed E-state index contributed by atoms with van der Waals surface area (Å²) in [6.45, 7) is 3.93. The fraction of sp³-hybridized carbons (Fsp3) is 0.400. The van der Waals surface area contributed by atoms with Crippen LogP contribution >= 0.6 is 0 Å². The van der Waals surface area contributed by atoms with Crippen LogP contribution in [0.1, 0.15) is 22.9 Å². The number of aliphatic hydroxyl groups is 1. The Hall–Kier alpha value is -2.01. The van der Waals surface area contributed by atoms with Gasteiger partial charge in [-0.15, -0.1) is 0 Å². The summed E-state index contributed by atoms with van der Waals surface area (Å²) in [5.41, 5.74) is 3.90. The average Bonchev–Trinajstić information content (AvgIpc) is 2.72. The van der Waals surface area contributed by atoms with E-state index in [0.29, 0.717) is 5.88 Å². The van der Waals surface area contributed by atoms with Crippen LogP contribution in [0.25, 0.3) is 0 Å². The van der Waals surface area contributed by atoms with Crippen LogP contribution in [0.5, 0.6) is 5.88 Å². The summed E-state index contributed by atoms with van der Waals surface area (Å²) >= 11 is 0. The summed E-state index contributed by atoms with van der Waals surface area (Å²) in [6, 6.07) is 7.81. The minimum atomic E-state index is -0.249. The van der Waals surface area contributed by atoms with Crippen molar-refractivity contribution in [3.63, 3.8) is 0 Å². The van der Waals surface area contributed by atoms with Crippen molar-refractivity contribution >= 4 is 5.69 Å². The number of methoxy groups -OCH3 is 1. The van der Waals surface area contributed by atoms with Gasteiger partial charge in [0.15, 0.2) is 0 Å². The fourth-order valence-electron chi connectivity index (χ4n) is 2.36. The zero-order valence-electron chi connectivity index (χ0n) is 12.3. The number of nitrogens with one attached hydrogen (secondary N) is 1. The molecule has 2 rings (SSSR count). The van der Waals surface area contributed by atoms with Crippen molar-refractivity contribution in [1.29, 1.82) is 0 Å². The van der Waals surface area contributed by atoms with Crippen LogP contribution in [0, 0.1) is 13.8 Å². The zero-order valence-corrected chi connectivity index (χ0v) is 12.3. The number of aryl methyl sites for hydroxylation is 3. The molecule has 5 heteroatoms. The van der Waals surface area contributed by atoms with Crippen LogP contribution in [0.3, 0.4) is 0 Å². The molecule has 2 N–H and O–H groups in total. The van der Waals surface area contributed by atoms with Gasteiger partial charge in [0.1, 0.15) is 0 Å². The lowest BCUT2D eigenvalue weighted by Gasteiger charge is -2.18. The third-order valence-corrected chi connectivity index (χ3v) is 3.33. The molecule has 0 aliphatic heterocycles. The third-order valence-electron chi connectivity index (χ3n) is 3.33. The van der Waals surface area contributed by atoms with Gasteiger partial charge >= 0.3 is 0 Å². The molecule has 0 spiro atoms. The van der Waals surface area contributed by atoms with Crippen LogP contribution in [-0.4, -0.2) is 28.6 Å². The molecule has 0 fully saturated rings. The first-order chi connectivity index (χ1) is 9.56. The smallest absolute Gasteiger partial charge is 0.216 e. The minimum absolute atomic E-state index is 0.0310. The summed E-state index contributed by atoms with van der Waals surface area (Å²) in [6.07, 6.45) is 0. The third kappa shape index (κ3) is 2.77. The second-order valence-electron chi connectivity index (χ2n) is 4.88. The highest BCUT2D eigenvalue weighted by molar-refractivity contribution is 5.48. The molecule has 0 aliphatic rings. The Bertz CT molecular complexity index is 576. The van der Waals surface area contributed by atoms with E-state index in [4.69, 9.17) is 4.74 Å². The van der Waals surface area contributed by atoms with Gasteiger partial charge in [-0.2, -0.15) is 5.10 Å². The molecule has 1 aromatic carbocycles. The molecule has 2 aromatic rings. The first-order valence-corrected chi connectivity index (χ1v) is 6.58. The van der Waals surface area contributed by atoms with Crippen LogP contribution in [-0.2, 0) is 7.05 Å². The Labute approximate surface area is 119 Å². The normalized spacial score (nSPS) is 12.2. The van der Waals surface area contributed by atoms with Gasteiger partial charge in [0.05, 0.1) is 31.0 Å². The van der Waals surface area contributed by atoms with Gasteiger partial charge in [-0.3, -0.25) is 0 Å². The van der Waals surface area contributed by atoms with Gasteiger partial charge in [0.25, 0.3) is 0 Å². The molecule has 0 aliphatic carbocycles. The Morgan fingerprint density at radius 1 is 1.30 bits per heavy atom. The Balaban J connectivity index is 2.30. The number of hydrogen-bond acceptors (Lipinski definition) is 4. The van der Waals surface area contributed by atoms with Crippen LogP contribution in [0.2, 0.25) is 0 Å². The molecule has 1 heterocycles. The van der Waals surface area contributed by atoms with Crippen LogP contribution in [0.4, 0.5) is 5.69 Å². The molecule has 20 heavy (non-hydrogen) atoms. The number of aliphatic hydroxyl groups excluding tert-OH is 1. The quantitative estimate of drug-likeness (QED) is 0.878.